The van der Waals surface area contributed by atoms with Gasteiger partial charge in [-0.25, -0.2) is 0 Å². The van der Waals surface area contributed by atoms with E-state index in [1.54, 1.807) is 0 Å². The summed E-state index contributed by atoms with van der Waals surface area (Å²) in [5, 5.41) is 10.6. The fraction of sp³-hybridized carbons (Fsp3) is 0.333. The van der Waals surface area contributed by atoms with Gasteiger partial charge >= 0.3 is 0 Å². The van der Waals surface area contributed by atoms with Gasteiger partial charge in [0.15, 0.2) is 0 Å². The second-order valence-corrected chi connectivity index (χ2v) is 6.06. The molecule has 2 aromatic rings. The first-order chi connectivity index (χ1) is 9.23. The minimum Gasteiger partial charge on any atom is -0.392 e. The second kappa shape index (κ2) is 3.71. The second-order valence-electron chi connectivity index (χ2n) is 6.06. The number of fused-ring (bicyclic) bond motifs is 6. The van der Waals surface area contributed by atoms with Crippen LogP contribution in [-0.4, -0.2) is 11.2 Å². The summed E-state index contributed by atoms with van der Waals surface area (Å²) in [6.07, 6.45) is 1.76. The van der Waals surface area contributed by atoms with E-state index in [9.17, 15) is 5.11 Å². The van der Waals surface area contributed by atoms with Crippen LogP contribution < -0.4 is 0 Å². The number of hydrogen-bond acceptors (Lipinski definition) is 1. The highest BCUT2D eigenvalue weighted by Crippen LogP contribution is 2.58. The molecule has 0 unspecified atom stereocenters. The predicted octanol–water partition coefficient (Wildman–Crippen LogP) is 3.86. The third-order valence-corrected chi connectivity index (χ3v) is 5.28. The van der Waals surface area contributed by atoms with Crippen molar-refractivity contribution in [3.05, 3.63) is 59.7 Å². The van der Waals surface area contributed by atoms with Gasteiger partial charge in [0, 0.05) is 5.41 Å². The van der Waals surface area contributed by atoms with Crippen LogP contribution in [0, 0.1) is 0 Å². The van der Waals surface area contributed by atoms with Crippen LogP contribution in [0.1, 0.15) is 36.8 Å². The highest BCUT2D eigenvalue weighted by molar-refractivity contribution is 5.76. The normalized spacial score (nSPS) is 31.5. The molecule has 2 aliphatic rings. The molecule has 0 aromatic heterocycles. The molecule has 1 heteroatoms. The van der Waals surface area contributed by atoms with Crippen LogP contribution in [0.15, 0.2) is 48.5 Å². The minimum atomic E-state index is -0.230. The lowest BCUT2D eigenvalue weighted by molar-refractivity contribution is 0.109. The Hall–Kier alpha value is -1.60. The van der Waals surface area contributed by atoms with E-state index in [0.717, 1.165) is 12.8 Å². The van der Waals surface area contributed by atoms with Crippen molar-refractivity contribution in [1.29, 1.82) is 0 Å². The summed E-state index contributed by atoms with van der Waals surface area (Å²) in [7, 11) is 0. The Bertz CT molecular complexity index is 646. The van der Waals surface area contributed by atoms with Crippen LogP contribution in [0.4, 0.5) is 0 Å². The van der Waals surface area contributed by atoms with Crippen molar-refractivity contribution in [1.82, 2.24) is 0 Å². The van der Waals surface area contributed by atoms with Gasteiger partial charge in [0.25, 0.3) is 0 Å². The Labute approximate surface area is 113 Å². The summed E-state index contributed by atoms with van der Waals surface area (Å²) >= 11 is 0. The number of hydrogen-bond donors (Lipinski definition) is 1. The average molecular weight is 250 g/mol. The summed E-state index contributed by atoms with van der Waals surface area (Å²) in [5.41, 5.74) is 5.28. The molecule has 0 radical (unpaired) electrons. The number of rotatable bonds is 0. The topological polar surface area (TPSA) is 20.2 Å². The van der Waals surface area contributed by atoms with Crippen LogP contribution in [0.2, 0.25) is 0 Å². The van der Waals surface area contributed by atoms with Gasteiger partial charge in [-0.1, -0.05) is 55.5 Å². The van der Waals surface area contributed by atoms with Crippen molar-refractivity contribution >= 4 is 0 Å². The van der Waals surface area contributed by atoms with Crippen molar-refractivity contribution in [3.63, 3.8) is 0 Å². The minimum absolute atomic E-state index is 0.120. The molecule has 1 N–H and O–H groups in total. The van der Waals surface area contributed by atoms with E-state index in [2.05, 4.69) is 55.5 Å². The molecule has 0 saturated heterocycles. The standard InChI is InChI=1S/C18H18O/c1-18-15-9-5-4-8-13(15)12-6-2-3-7-14(12)16(18)10-11-17(18)19/h2-9,16-17,19H,10-11H2,1H3/t16-,17-,18-/m1/s1. The monoisotopic (exact) mass is 250 g/mol. The molecule has 4 rings (SSSR count). The molecule has 0 bridgehead atoms. The van der Waals surface area contributed by atoms with E-state index in [4.69, 9.17) is 0 Å². The molecule has 1 nitrogen and oxygen atoms in total. The van der Waals surface area contributed by atoms with Gasteiger partial charge in [-0.3, -0.25) is 0 Å². The van der Waals surface area contributed by atoms with Gasteiger partial charge in [0.2, 0.25) is 0 Å². The van der Waals surface area contributed by atoms with E-state index in [0.29, 0.717) is 5.92 Å². The lowest BCUT2D eigenvalue weighted by atomic mass is 9.63. The summed E-state index contributed by atoms with van der Waals surface area (Å²) < 4.78 is 0. The number of aliphatic hydroxyl groups is 1. The molecule has 1 saturated carbocycles. The first kappa shape index (κ1) is 11.2. The number of aliphatic hydroxyl groups excluding tert-OH is 1. The van der Waals surface area contributed by atoms with E-state index >= 15 is 0 Å². The maximum Gasteiger partial charge on any atom is 0.0640 e. The van der Waals surface area contributed by atoms with Gasteiger partial charge in [-0.05, 0) is 41.0 Å². The molecule has 2 aliphatic carbocycles. The predicted molar refractivity (Wildman–Crippen MR) is 77.2 cm³/mol. The molecule has 19 heavy (non-hydrogen) atoms. The largest absolute Gasteiger partial charge is 0.392 e. The fourth-order valence-electron chi connectivity index (χ4n) is 4.24. The maximum absolute atomic E-state index is 10.6. The molecule has 0 aliphatic heterocycles. The molecule has 0 amide bonds. The first-order valence-corrected chi connectivity index (χ1v) is 7.10. The van der Waals surface area contributed by atoms with Crippen LogP contribution in [0.3, 0.4) is 0 Å². The molecular weight excluding hydrogens is 232 g/mol. The smallest absolute Gasteiger partial charge is 0.0640 e. The highest BCUT2D eigenvalue weighted by Gasteiger charge is 2.51. The van der Waals surface area contributed by atoms with Crippen LogP contribution in [-0.2, 0) is 5.41 Å². The maximum atomic E-state index is 10.6. The Morgan fingerprint density at radius 3 is 2.47 bits per heavy atom. The Balaban J connectivity index is 2.09. The zero-order valence-electron chi connectivity index (χ0n) is 11.1. The first-order valence-electron chi connectivity index (χ1n) is 7.10. The lowest BCUT2D eigenvalue weighted by Gasteiger charge is -2.41. The molecule has 3 atom stereocenters. The van der Waals surface area contributed by atoms with Crippen LogP contribution in [0.25, 0.3) is 11.1 Å². The Kier molecular flexibility index (Phi) is 2.19. The van der Waals surface area contributed by atoms with Crippen molar-refractivity contribution in [3.8, 4) is 11.1 Å². The zero-order valence-corrected chi connectivity index (χ0v) is 11.1. The van der Waals surface area contributed by atoms with E-state index in [-0.39, 0.29) is 11.5 Å². The summed E-state index contributed by atoms with van der Waals surface area (Å²) in [6, 6.07) is 17.3. The van der Waals surface area contributed by atoms with Crippen LogP contribution in [0.5, 0.6) is 0 Å². The fourth-order valence-corrected chi connectivity index (χ4v) is 4.24. The van der Waals surface area contributed by atoms with Gasteiger partial charge in [0.1, 0.15) is 0 Å². The van der Waals surface area contributed by atoms with E-state index in [1.807, 2.05) is 0 Å². The quantitative estimate of drug-likeness (QED) is 0.752. The molecule has 0 spiro atoms. The van der Waals surface area contributed by atoms with Gasteiger partial charge in [0.05, 0.1) is 6.10 Å². The van der Waals surface area contributed by atoms with Crippen LogP contribution >= 0.6 is 0 Å². The lowest BCUT2D eigenvalue weighted by Crippen LogP contribution is -2.38. The van der Waals surface area contributed by atoms with E-state index < -0.39 is 0 Å². The summed E-state index contributed by atoms with van der Waals surface area (Å²) in [5.74, 6) is 0.452. The molecule has 96 valence electrons. The molecule has 1 fully saturated rings. The Morgan fingerprint density at radius 2 is 1.63 bits per heavy atom. The summed E-state index contributed by atoms with van der Waals surface area (Å²) in [4.78, 5) is 0. The van der Waals surface area contributed by atoms with Crippen molar-refractivity contribution < 1.29 is 5.11 Å². The number of benzene rings is 2. The van der Waals surface area contributed by atoms with Gasteiger partial charge in [-0.2, -0.15) is 0 Å². The Morgan fingerprint density at radius 1 is 0.947 bits per heavy atom. The third kappa shape index (κ3) is 1.29. The molecule has 0 heterocycles. The van der Waals surface area contributed by atoms with Gasteiger partial charge < -0.3 is 5.11 Å². The highest BCUT2D eigenvalue weighted by atomic mass is 16.3. The van der Waals surface area contributed by atoms with Gasteiger partial charge in [-0.15, -0.1) is 0 Å². The van der Waals surface area contributed by atoms with Crippen molar-refractivity contribution in [2.24, 2.45) is 0 Å². The zero-order chi connectivity index (χ0) is 13.0. The van der Waals surface area contributed by atoms with Crippen molar-refractivity contribution in [2.75, 3.05) is 0 Å². The molecule has 2 aromatic carbocycles. The third-order valence-electron chi connectivity index (χ3n) is 5.28. The SMILES string of the molecule is C[C@@]12c3ccccc3-c3ccccc3[C@H]1CC[C@H]2O. The summed E-state index contributed by atoms with van der Waals surface area (Å²) in [6.45, 7) is 2.24. The van der Waals surface area contributed by atoms with E-state index in [1.165, 1.54) is 22.3 Å². The van der Waals surface area contributed by atoms with Crippen molar-refractivity contribution in [2.45, 2.75) is 37.2 Å². The average Bonchev–Trinajstić information content (AvgIpc) is 2.77. The molecular formula is C18H18O.